The Balaban J connectivity index is -0.0000000662. The van der Waals surface area contributed by atoms with Crippen LogP contribution in [0.4, 0.5) is 8.78 Å². The number of hydrogen-bond donors (Lipinski definition) is 1. The molecule has 0 aromatic heterocycles. The van der Waals surface area contributed by atoms with E-state index in [0.717, 1.165) is 55.9 Å². The van der Waals surface area contributed by atoms with Crippen molar-refractivity contribution < 1.29 is 47.7 Å². The molecule has 3 radical (unpaired) electrons. The van der Waals surface area contributed by atoms with Crippen LogP contribution in [0.1, 0.15) is 238 Å². The SMILES string of the molecule is C.CC(C)(C)C(C)(C)C.CC(C)C/C=C/C(F)(F)C(C)C.CC(C)NS(=O)(=O)C1CC1.CC(C)O[C@@H]1CCC[C@H]1OC(C)C.CCC(C)C.CCC(C)C.CCC(C)C.[B].[CH3-].[CH3-].[W+2]. The molecular formula is C53H117BF2NO4SW. The van der Waals surface area contributed by atoms with Crippen molar-refractivity contribution in [3.63, 3.8) is 0 Å². The Hall–Kier alpha value is 0.183. The summed E-state index contributed by atoms with van der Waals surface area (Å²) in [6.07, 6.45) is 13.8. The monoisotopic (exact) mass is 1100 g/mol. The van der Waals surface area contributed by atoms with Crippen molar-refractivity contribution in [1.82, 2.24) is 4.72 Å². The van der Waals surface area contributed by atoms with Crippen LogP contribution in [0.3, 0.4) is 0 Å². The fraction of sp³-hybridized carbons (Fsp3) is 0.925. The number of sulfonamides is 1. The van der Waals surface area contributed by atoms with E-state index in [2.05, 4.69) is 136 Å². The van der Waals surface area contributed by atoms with Crippen LogP contribution < -0.4 is 4.72 Å². The molecule has 2 fully saturated rings. The number of nitrogens with one attached hydrogen (secondary N) is 1. The molecule has 0 unspecified atom stereocenters. The molecule has 63 heavy (non-hydrogen) atoms. The Morgan fingerprint density at radius 2 is 0.889 bits per heavy atom. The summed E-state index contributed by atoms with van der Waals surface area (Å²) < 4.78 is 62.2. The second-order valence-corrected chi connectivity index (χ2v) is 23.2. The first kappa shape index (κ1) is 86.4. The third-order valence-corrected chi connectivity index (χ3v) is 12.2. The summed E-state index contributed by atoms with van der Waals surface area (Å²) in [6.45, 7) is 52.7. The van der Waals surface area contributed by atoms with Crippen LogP contribution in [0.5, 0.6) is 0 Å². The first-order valence-electron chi connectivity index (χ1n) is 23.4. The predicted octanol–water partition coefficient (Wildman–Crippen LogP) is 17.5. The van der Waals surface area contributed by atoms with Crippen LogP contribution in [0, 0.1) is 55.3 Å². The van der Waals surface area contributed by atoms with Gasteiger partial charge >= 0.3 is 21.1 Å². The summed E-state index contributed by atoms with van der Waals surface area (Å²) in [5.74, 6) is -0.153. The largest absolute Gasteiger partial charge is 2.00 e. The molecule has 2 saturated carbocycles. The van der Waals surface area contributed by atoms with Gasteiger partial charge in [-0.15, -0.1) is 0 Å². The third kappa shape index (κ3) is 62.2. The van der Waals surface area contributed by atoms with Crippen LogP contribution in [0.15, 0.2) is 12.2 Å². The normalized spacial score (nSPS) is 15.9. The van der Waals surface area contributed by atoms with Gasteiger partial charge in [0.2, 0.25) is 10.0 Å². The van der Waals surface area contributed by atoms with Crippen molar-refractivity contribution in [2.24, 2.45) is 40.4 Å². The van der Waals surface area contributed by atoms with Gasteiger partial charge in [-0.1, -0.05) is 164 Å². The Kier molecular flexibility index (Phi) is 63.0. The molecule has 2 rings (SSSR count). The minimum absolute atomic E-state index is 0. The van der Waals surface area contributed by atoms with E-state index >= 15 is 0 Å². The maximum Gasteiger partial charge on any atom is 2.00 e. The van der Waals surface area contributed by atoms with Crippen molar-refractivity contribution in [2.75, 3.05) is 0 Å². The van der Waals surface area contributed by atoms with Crippen molar-refractivity contribution >= 4 is 18.4 Å². The zero-order valence-corrected chi connectivity index (χ0v) is 50.4. The molecule has 0 aromatic carbocycles. The molecule has 0 spiro atoms. The molecule has 2 aliphatic rings. The molecule has 0 aliphatic heterocycles. The van der Waals surface area contributed by atoms with E-state index in [1.54, 1.807) is 6.08 Å². The minimum atomic E-state index is -2.94. The van der Waals surface area contributed by atoms with Crippen LogP contribution in [-0.4, -0.2) is 58.5 Å². The fourth-order valence-electron chi connectivity index (χ4n) is 3.40. The molecule has 0 saturated heterocycles. The quantitative estimate of drug-likeness (QED) is 0.107. The molecule has 0 aromatic rings. The van der Waals surface area contributed by atoms with Crippen molar-refractivity contribution in [3.05, 3.63) is 27.0 Å². The summed E-state index contributed by atoms with van der Waals surface area (Å²) in [7, 11) is -2.94. The Morgan fingerprint density at radius 3 is 1.06 bits per heavy atom. The fourth-order valence-corrected chi connectivity index (χ4v) is 5.00. The molecule has 5 nitrogen and oxygen atoms in total. The summed E-state index contributed by atoms with van der Waals surface area (Å²) in [6, 6.07) is 0.0330. The van der Waals surface area contributed by atoms with E-state index in [1.807, 2.05) is 27.7 Å². The smallest absolute Gasteiger partial charge is 0.373 e. The molecule has 387 valence electrons. The average molecular weight is 1100 g/mol. The first-order chi connectivity index (χ1) is 26.0. The van der Waals surface area contributed by atoms with Crippen molar-refractivity contribution in [1.29, 1.82) is 0 Å². The van der Waals surface area contributed by atoms with E-state index in [-0.39, 0.29) is 63.1 Å². The van der Waals surface area contributed by atoms with Gasteiger partial charge in [-0.25, -0.2) is 21.9 Å². The van der Waals surface area contributed by atoms with Gasteiger partial charge in [0.1, 0.15) is 0 Å². The van der Waals surface area contributed by atoms with Crippen molar-refractivity contribution in [2.45, 2.75) is 280 Å². The van der Waals surface area contributed by atoms with Gasteiger partial charge in [-0.2, -0.15) is 0 Å². The summed E-state index contributed by atoms with van der Waals surface area (Å²) in [5.41, 5.74) is 0.875. The standard InChI is InChI=1S/C11H22O2.C10H18F2.C8H18.C6H13NO2S.3C5H12.CH4.2CH3.B.W/c1-8(2)12-10-6-5-7-11(10)13-9(3)4;1-8(2)6-5-7-10(11,12)9(3)4;1-7(2,3)8(4,5)6;1-5(2)7-10(8,9)6-3-4-6;3*1-4-5(2)3;;;;;/h8-11H,5-7H2,1-4H3;5,7-9H,6H2,1-4H3;1-6H3;5-7H,3-4H2,1-2H3;3*5H,4H2,1-3H3;1H4;2*1H3;;/q;;;;;;;;2*-1;;+2/b;7-5+;;;;;;;;;;/t10-,11-;;;;;;;;;;;/m1.........../s1. The number of halogens is 2. The first-order valence-corrected chi connectivity index (χ1v) is 25.0. The zero-order valence-electron chi connectivity index (χ0n) is 46.7. The van der Waals surface area contributed by atoms with E-state index < -0.39 is 21.9 Å². The van der Waals surface area contributed by atoms with Gasteiger partial charge in [0, 0.05) is 20.4 Å². The molecular weight excluding hydrogens is 979 g/mol. The topological polar surface area (TPSA) is 64.6 Å². The molecule has 10 heteroatoms. The van der Waals surface area contributed by atoms with Gasteiger partial charge in [0.05, 0.1) is 29.7 Å². The minimum Gasteiger partial charge on any atom is -0.373 e. The summed E-state index contributed by atoms with van der Waals surface area (Å²) in [4.78, 5) is 0. The Bertz CT molecular complexity index is 1000. The number of allylic oxidation sites excluding steroid dienone is 2. The van der Waals surface area contributed by atoms with Crippen LogP contribution >= 0.6 is 0 Å². The number of ether oxygens (including phenoxy) is 2. The second-order valence-electron chi connectivity index (χ2n) is 21.2. The molecule has 0 heterocycles. The van der Waals surface area contributed by atoms with Crippen LogP contribution in [-0.2, 0) is 40.6 Å². The maximum absolute atomic E-state index is 12.9. The zero-order chi connectivity index (χ0) is 47.3. The van der Waals surface area contributed by atoms with Crippen molar-refractivity contribution in [3.8, 4) is 0 Å². The molecule has 0 bridgehead atoms. The molecule has 0 amide bonds. The molecule has 1 N–H and O–H groups in total. The predicted molar refractivity (Wildman–Crippen MR) is 282 cm³/mol. The van der Waals surface area contributed by atoms with Gasteiger partial charge in [0.25, 0.3) is 5.92 Å². The van der Waals surface area contributed by atoms with E-state index in [0.29, 0.717) is 41.2 Å². The second kappa shape index (κ2) is 45.9. The van der Waals surface area contributed by atoms with Gasteiger partial charge in [-0.05, 0) is 121 Å². The number of rotatable bonds is 14. The Morgan fingerprint density at radius 1 is 0.603 bits per heavy atom. The van der Waals surface area contributed by atoms with Gasteiger partial charge in [0.15, 0.2) is 0 Å². The summed E-state index contributed by atoms with van der Waals surface area (Å²) in [5, 5.41) is -0.0881. The third-order valence-electron chi connectivity index (χ3n) is 10.1. The van der Waals surface area contributed by atoms with Crippen LogP contribution in [0.2, 0.25) is 0 Å². The average Bonchev–Trinajstić information content (AvgIpc) is 3.83. The number of alkyl halides is 2. The van der Waals surface area contributed by atoms with Gasteiger partial charge < -0.3 is 24.3 Å². The van der Waals surface area contributed by atoms with E-state index in [9.17, 15) is 17.2 Å². The number of hydrogen-bond acceptors (Lipinski definition) is 4. The van der Waals surface area contributed by atoms with Gasteiger partial charge in [-0.3, -0.25) is 0 Å². The van der Waals surface area contributed by atoms with E-state index in [4.69, 9.17) is 9.47 Å². The summed E-state index contributed by atoms with van der Waals surface area (Å²) >= 11 is 0. The molecule has 2 atom stereocenters. The van der Waals surface area contributed by atoms with E-state index in [1.165, 1.54) is 39.5 Å². The molecule has 2 aliphatic carbocycles. The van der Waals surface area contributed by atoms with Crippen LogP contribution in [0.25, 0.3) is 0 Å². The Labute approximate surface area is 416 Å². The maximum atomic E-state index is 12.9.